The van der Waals surface area contributed by atoms with Gasteiger partial charge in [-0.2, -0.15) is 0 Å². The van der Waals surface area contributed by atoms with Crippen LogP contribution in [0, 0.1) is 0 Å². The second kappa shape index (κ2) is 11.7. The summed E-state index contributed by atoms with van der Waals surface area (Å²) in [5, 5.41) is 9.10. The Morgan fingerprint density at radius 2 is 0.962 bits per heavy atom. The summed E-state index contributed by atoms with van der Waals surface area (Å²) in [6.45, 7) is 0. The largest absolute Gasteiger partial charge is 0.455 e. The van der Waals surface area contributed by atoms with Gasteiger partial charge in [-0.15, -0.1) is 0 Å². The van der Waals surface area contributed by atoms with Gasteiger partial charge in [0.2, 0.25) is 0 Å². The highest BCUT2D eigenvalue weighted by Gasteiger charge is 2.25. The van der Waals surface area contributed by atoms with Gasteiger partial charge in [0.15, 0.2) is 0 Å². The summed E-state index contributed by atoms with van der Waals surface area (Å²) in [7, 11) is 0. The topological polar surface area (TPSA) is 29.5 Å². The van der Waals surface area contributed by atoms with Crippen molar-refractivity contribution in [3.05, 3.63) is 188 Å². The van der Waals surface area contributed by atoms with Gasteiger partial charge < -0.3 is 13.7 Å². The normalized spacial score (nSPS) is 11.8. The number of fused-ring (bicyclic) bond motifs is 9. The molecule has 0 spiro atoms. The number of anilines is 3. The second-order valence-electron chi connectivity index (χ2n) is 13.6. The van der Waals surface area contributed by atoms with Gasteiger partial charge in [0.05, 0.1) is 16.8 Å². The molecule has 9 aromatic carbocycles. The molecule has 2 aromatic heterocycles. The zero-order valence-corrected chi connectivity index (χ0v) is 28.7. The fourth-order valence-electron chi connectivity index (χ4n) is 8.25. The summed E-state index contributed by atoms with van der Waals surface area (Å²) in [4.78, 5) is 2.40. The van der Waals surface area contributed by atoms with Crippen LogP contribution in [0.25, 0.3) is 87.7 Å². The molecule has 0 bridgehead atoms. The van der Waals surface area contributed by atoms with E-state index >= 15 is 0 Å². The molecule has 53 heavy (non-hydrogen) atoms. The van der Waals surface area contributed by atoms with Crippen LogP contribution in [0.15, 0.2) is 197 Å². The van der Waals surface area contributed by atoms with Crippen LogP contribution in [0.3, 0.4) is 0 Å². The zero-order valence-electron chi connectivity index (χ0n) is 28.7. The second-order valence-corrected chi connectivity index (χ2v) is 13.6. The van der Waals surface area contributed by atoms with Crippen molar-refractivity contribution in [2.45, 2.75) is 0 Å². The summed E-state index contributed by atoms with van der Waals surface area (Å²) in [6, 6.07) is 66.6. The van der Waals surface area contributed by atoms with E-state index in [-0.39, 0.29) is 0 Å². The first-order valence-electron chi connectivity index (χ1n) is 18.0. The molecule has 0 unspecified atom stereocenters. The number of hydrogen-bond donors (Lipinski definition) is 0. The van der Waals surface area contributed by atoms with Gasteiger partial charge in [-0.1, -0.05) is 146 Å². The van der Waals surface area contributed by atoms with Gasteiger partial charge in [0, 0.05) is 44.4 Å². The first kappa shape index (κ1) is 29.6. The minimum absolute atomic E-state index is 0.838. The number of hydrogen-bond acceptors (Lipinski definition) is 3. The fourth-order valence-corrected chi connectivity index (χ4v) is 8.25. The molecule has 0 aliphatic heterocycles. The average molecular weight is 678 g/mol. The fraction of sp³-hybridized carbons (Fsp3) is 0. The lowest BCUT2D eigenvalue weighted by atomic mass is 9.97. The summed E-state index contributed by atoms with van der Waals surface area (Å²) < 4.78 is 13.6. The van der Waals surface area contributed by atoms with E-state index in [0.717, 1.165) is 83.2 Å². The molecule has 0 aliphatic rings. The Bertz CT molecular complexity index is 3170. The van der Waals surface area contributed by atoms with E-state index in [2.05, 4.69) is 181 Å². The Balaban J connectivity index is 1.24. The average Bonchev–Trinajstić information content (AvgIpc) is 3.80. The number of benzene rings is 9. The van der Waals surface area contributed by atoms with Crippen molar-refractivity contribution < 1.29 is 8.83 Å². The maximum atomic E-state index is 6.83. The van der Waals surface area contributed by atoms with Crippen LogP contribution < -0.4 is 4.90 Å². The summed E-state index contributed by atoms with van der Waals surface area (Å²) in [5.41, 5.74) is 11.0. The van der Waals surface area contributed by atoms with Crippen molar-refractivity contribution in [2.75, 3.05) is 4.90 Å². The first-order chi connectivity index (χ1) is 26.3. The molecule has 0 atom stereocenters. The van der Waals surface area contributed by atoms with Crippen LogP contribution in [0.4, 0.5) is 17.1 Å². The van der Waals surface area contributed by atoms with Gasteiger partial charge in [0.1, 0.15) is 22.3 Å². The molecule has 0 N–H and O–H groups in total. The third-order valence-corrected chi connectivity index (χ3v) is 10.6. The minimum Gasteiger partial charge on any atom is -0.455 e. The standard InChI is InChI=1S/C50H31NO2/c1-3-13-32(14-4-1)38-21-12-22-41-40-28-27-36(31-46(40)53-49(38)41)51(43-23-11-18-35-26-25-34-17-7-8-19-37(34)47(35)43)44-30-29-39(33-15-5-2-6-16-33)50-48(44)42-20-9-10-24-45(42)52-50/h1-31H. The molecule has 2 heterocycles. The molecular weight excluding hydrogens is 647 g/mol. The molecule has 3 nitrogen and oxygen atoms in total. The van der Waals surface area contributed by atoms with Crippen LogP contribution in [0.1, 0.15) is 0 Å². The van der Waals surface area contributed by atoms with Crippen molar-refractivity contribution in [3.8, 4) is 22.3 Å². The Hall–Kier alpha value is -7.10. The first-order valence-corrected chi connectivity index (χ1v) is 18.0. The van der Waals surface area contributed by atoms with Crippen molar-refractivity contribution in [1.82, 2.24) is 0 Å². The maximum absolute atomic E-state index is 6.83. The van der Waals surface area contributed by atoms with Gasteiger partial charge in [-0.05, 0) is 63.7 Å². The van der Waals surface area contributed by atoms with E-state index in [1.165, 1.54) is 21.5 Å². The van der Waals surface area contributed by atoms with Crippen molar-refractivity contribution >= 4 is 82.5 Å². The van der Waals surface area contributed by atoms with E-state index in [1.807, 2.05) is 12.1 Å². The SMILES string of the molecule is c1ccc(-c2cccc3c2oc2cc(N(c4cccc5ccc6ccccc6c45)c4ccc(-c5ccccc5)c5oc6ccccc6c45)ccc23)cc1. The van der Waals surface area contributed by atoms with Gasteiger partial charge in [-0.25, -0.2) is 0 Å². The monoisotopic (exact) mass is 677 g/mol. The predicted molar refractivity (Wildman–Crippen MR) is 222 cm³/mol. The molecule has 0 saturated heterocycles. The number of furan rings is 2. The van der Waals surface area contributed by atoms with Crippen LogP contribution in [0.5, 0.6) is 0 Å². The Labute approximate surface area is 305 Å². The summed E-state index contributed by atoms with van der Waals surface area (Å²) in [5.74, 6) is 0. The highest BCUT2D eigenvalue weighted by Crippen LogP contribution is 2.49. The van der Waals surface area contributed by atoms with Crippen LogP contribution >= 0.6 is 0 Å². The third kappa shape index (κ3) is 4.61. The molecule has 11 rings (SSSR count). The summed E-state index contributed by atoms with van der Waals surface area (Å²) in [6.07, 6.45) is 0. The highest BCUT2D eigenvalue weighted by molar-refractivity contribution is 6.21. The molecular formula is C50H31NO2. The van der Waals surface area contributed by atoms with Gasteiger partial charge in [0.25, 0.3) is 0 Å². The van der Waals surface area contributed by atoms with E-state index < -0.39 is 0 Å². The highest BCUT2D eigenvalue weighted by atomic mass is 16.3. The lowest BCUT2D eigenvalue weighted by Crippen LogP contribution is -2.11. The smallest absolute Gasteiger partial charge is 0.145 e. The molecule has 3 heteroatoms. The molecule has 0 fully saturated rings. The van der Waals surface area contributed by atoms with Crippen molar-refractivity contribution in [2.24, 2.45) is 0 Å². The Morgan fingerprint density at radius 3 is 1.79 bits per heavy atom. The molecule has 0 saturated carbocycles. The van der Waals surface area contributed by atoms with Crippen molar-refractivity contribution in [1.29, 1.82) is 0 Å². The molecule has 248 valence electrons. The van der Waals surface area contributed by atoms with Crippen molar-refractivity contribution in [3.63, 3.8) is 0 Å². The van der Waals surface area contributed by atoms with E-state index in [4.69, 9.17) is 8.83 Å². The van der Waals surface area contributed by atoms with Crippen LogP contribution in [-0.2, 0) is 0 Å². The molecule has 11 aromatic rings. The molecule has 0 aliphatic carbocycles. The van der Waals surface area contributed by atoms with E-state index in [1.54, 1.807) is 0 Å². The van der Waals surface area contributed by atoms with Crippen LogP contribution in [0.2, 0.25) is 0 Å². The number of para-hydroxylation sites is 2. The third-order valence-electron chi connectivity index (χ3n) is 10.6. The Kier molecular flexibility index (Phi) is 6.55. The lowest BCUT2D eigenvalue weighted by Gasteiger charge is -2.28. The van der Waals surface area contributed by atoms with Crippen LogP contribution in [-0.4, -0.2) is 0 Å². The van der Waals surface area contributed by atoms with E-state index in [0.29, 0.717) is 0 Å². The molecule has 0 amide bonds. The Morgan fingerprint density at radius 1 is 0.340 bits per heavy atom. The number of nitrogens with zero attached hydrogens (tertiary/aromatic N) is 1. The molecule has 0 radical (unpaired) electrons. The quantitative estimate of drug-likeness (QED) is 0.170. The van der Waals surface area contributed by atoms with E-state index in [9.17, 15) is 0 Å². The number of rotatable bonds is 5. The van der Waals surface area contributed by atoms with Gasteiger partial charge in [-0.3, -0.25) is 0 Å². The van der Waals surface area contributed by atoms with Gasteiger partial charge >= 0.3 is 0 Å². The predicted octanol–water partition coefficient (Wildman–Crippen LogP) is 14.6. The zero-order chi connectivity index (χ0) is 34.9. The lowest BCUT2D eigenvalue weighted by molar-refractivity contribution is 0.670. The summed E-state index contributed by atoms with van der Waals surface area (Å²) >= 11 is 0. The maximum Gasteiger partial charge on any atom is 0.145 e. The minimum atomic E-state index is 0.838.